The number of rotatable bonds is 5. The van der Waals surface area contributed by atoms with Crippen molar-refractivity contribution in [2.45, 2.75) is 38.9 Å². The molecule has 3 rings (SSSR count). The molecule has 0 radical (unpaired) electrons. The molecule has 0 bridgehead atoms. The van der Waals surface area contributed by atoms with Crippen molar-refractivity contribution in [1.82, 2.24) is 14.7 Å². The molecule has 1 fully saturated rings. The van der Waals surface area contributed by atoms with E-state index in [2.05, 4.69) is 47.4 Å². The minimum absolute atomic E-state index is 0.438. The summed E-state index contributed by atoms with van der Waals surface area (Å²) in [6.45, 7) is 5.08. The van der Waals surface area contributed by atoms with Crippen LogP contribution in [0.15, 0.2) is 36.5 Å². The summed E-state index contributed by atoms with van der Waals surface area (Å²) in [5, 5.41) is 4.61. The lowest BCUT2D eigenvalue weighted by molar-refractivity contribution is 0.239. The van der Waals surface area contributed by atoms with Crippen LogP contribution in [0, 0.1) is 0 Å². The Morgan fingerprint density at radius 2 is 2.14 bits per heavy atom. The molecule has 1 aromatic heterocycles. The van der Waals surface area contributed by atoms with Crippen LogP contribution in [-0.2, 0) is 13.1 Å². The van der Waals surface area contributed by atoms with Gasteiger partial charge in [0.15, 0.2) is 0 Å². The minimum atomic E-state index is 0.438. The molecule has 1 aliphatic heterocycles. The first-order chi connectivity index (χ1) is 10.3. The molecule has 1 saturated heterocycles. The Balaban J connectivity index is 1.79. The molecule has 0 saturated carbocycles. The van der Waals surface area contributed by atoms with E-state index in [-0.39, 0.29) is 0 Å². The van der Waals surface area contributed by atoms with Crippen molar-refractivity contribution >= 4 is 0 Å². The van der Waals surface area contributed by atoms with Gasteiger partial charge >= 0.3 is 0 Å². The van der Waals surface area contributed by atoms with Crippen LogP contribution in [0.1, 0.15) is 37.1 Å². The van der Waals surface area contributed by atoms with Crippen LogP contribution >= 0.6 is 0 Å². The second-order valence-corrected chi connectivity index (χ2v) is 5.53. The molecule has 0 N–H and O–H groups in total. The number of hydrogen-bond donors (Lipinski definition) is 0. The van der Waals surface area contributed by atoms with Gasteiger partial charge in [-0.05, 0) is 38.4 Å². The molecular formula is C17H23N3O. The number of nitrogens with zero attached hydrogens (tertiary/aromatic N) is 3. The van der Waals surface area contributed by atoms with E-state index in [1.807, 2.05) is 10.7 Å². The molecule has 4 nitrogen and oxygen atoms in total. The molecule has 0 aliphatic carbocycles. The highest BCUT2D eigenvalue weighted by molar-refractivity contribution is 5.36. The Hall–Kier alpha value is -1.81. The average Bonchev–Trinajstić information content (AvgIpc) is 3.17. The summed E-state index contributed by atoms with van der Waals surface area (Å²) >= 11 is 0. The van der Waals surface area contributed by atoms with Crippen molar-refractivity contribution in [3.05, 3.63) is 47.8 Å². The van der Waals surface area contributed by atoms with E-state index >= 15 is 0 Å². The quantitative estimate of drug-likeness (QED) is 0.845. The van der Waals surface area contributed by atoms with Gasteiger partial charge in [0, 0.05) is 30.9 Å². The van der Waals surface area contributed by atoms with Gasteiger partial charge in [0.2, 0.25) is 0 Å². The Bertz CT molecular complexity index is 593. The number of hydrogen-bond acceptors (Lipinski definition) is 3. The van der Waals surface area contributed by atoms with Gasteiger partial charge in [-0.25, -0.2) is 0 Å². The summed E-state index contributed by atoms with van der Waals surface area (Å²) in [5.41, 5.74) is 2.45. The van der Waals surface area contributed by atoms with Crippen molar-refractivity contribution < 1.29 is 4.74 Å². The number of benzene rings is 1. The summed E-state index contributed by atoms with van der Waals surface area (Å²) in [7, 11) is 1.75. The molecule has 0 spiro atoms. The summed E-state index contributed by atoms with van der Waals surface area (Å²) in [6.07, 6.45) is 4.48. The third-order valence-electron chi connectivity index (χ3n) is 4.25. The summed E-state index contributed by atoms with van der Waals surface area (Å²) in [5.74, 6) is 0.994. The molecule has 21 heavy (non-hydrogen) atoms. The van der Waals surface area contributed by atoms with Crippen LogP contribution in [0.5, 0.6) is 5.75 Å². The van der Waals surface area contributed by atoms with Gasteiger partial charge < -0.3 is 4.74 Å². The number of ether oxygens (including phenoxy) is 1. The molecule has 1 aromatic carbocycles. The fraction of sp³-hybridized carbons (Fsp3) is 0.471. The van der Waals surface area contributed by atoms with E-state index in [4.69, 9.17) is 4.74 Å². The Morgan fingerprint density at radius 3 is 2.90 bits per heavy atom. The molecule has 1 atom stereocenters. The van der Waals surface area contributed by atoms with Crippen LogP contribution < -0.4 is 4.74 Å². The number of aryl methyl sites for hydroxylation is 1. The van der Waals surface area contributed by atoms with Gasteiger partial charge in [-0.15, -0.1) is 0 Å². The lowest BCUT2D eigenvalue weighted by Gasteiger charge is -2.25. The van der Waals surface area contributed by atoms with E-state index < -0.39 is 0 Å². The Morgan fingerprint density at radius 1 is 1.29 bits per heavy atom. The number of aromatic nitrogens is 2. The molecule has 112 valence electrons. The first kappa shape index (κ1) is 14.1. The van der Waals surface area contributed by atoms with Gasteiger partial charge in [0.25, 0.3) is 0 Å². The molecule has 1 aliphatic rings. The third kappa shape index (κ3) is 2.95. The first-order valence-corrected chi connectivity index (χ1v) is 7.71. The highest BCUT2D eigenvalue weighted by Crippen LogP contribution is 2.37. The van der Waals surface area contributed by atoms with E-state index in [0.29, 0.717) is 6.04 Å². The van der Waals surface area contributed by atoms with E-state index in [9.17, 15) is 0 Å². The van der Waals surface area contributed by atoms with Crippen LogP contribution in [0.3, 0.4) is 0 Å². The average molecular weight is 285 g/mol. The molecular weight excluding hydrogens is 262 g/mol. The number of para-hydroxylation sites is 1. The fourth-order valence-corrected chi connectivity index (χ4v) is 3.18. The largest absolute Gasteiger partial charge is 0.496 e. The predicted octanol–water partition coefficient (Wildman–Crippen LogP) is 3.25. The third-order valence-corrected chi connectivity index (χ3v) is 4.25. The van der Waals surface area contributed by atoms with Gasteiger partial charge in [0.05, 0.1) is 12.8 Å². The highest BCUT2D eigenvalue weighted by atomic mass is 16.5. The topological polar surface area (TPSA) is 30.3 Å². The van der Waals surface area contributed by atoms with E-state index in [0.717, 1.165) is 31.1 Å². The summed E-state index contributed by atoms with van der Waals surface area (Å²) in [6, 6.07) is 10.9. The van der Waals surface area contributed by atoms with Gasteiger partial charge in [-0.1, -0.05) is 18.2 Å². The van der Waals surface area contributed by atoms with Crippen LogP contribution in [0.2, 0.25) is 0 Å². The minimum Gasteiger partial charge on any atom is -0.496 e. The lowest BCUT2D eigenvalue weighted by Crippen LogP contribution is -2.23. The Labute approximate surface area is 126 Å². The molecule has 0 unspecified atom stereocenters. The van der Waals surface area contributed by atoms with Crippen molar-refractivity contribution in [3.63, 3.8) is 0 Å². The summed E-state index contributed by atoms with van der Waals surface area (Å²) < 4.78 is 7.52. The zero-order chi connectivity index (χ0) is 14.7. The van der Waals surface area contributed by atoms with Crippen LogP contribution in [0.4, 0.5) is 0 Å². The second-order valence-electron chi connectivity index (χ2n) is 5.53. The van der Waals surface area contributed by atoms with Crippen LogP contribution in [-0.4, -0.2) is 28.3 Å². The zero-order valence-electron chi connectivity index (χ0n) is 12.8. The summed E-state index contributed by atoms with van der Waals surface area (Å²) in [4.78, 5) is 2.51. The monoisotopic (exact) mass is 285 g/mol. The maximum Gasteiger partial charge on any atom is 0.123 e. The molecule has 2 heterocycles. The van der Waals surface area contributed by atoms with Crippen molar-refractivity contribution in [2.24, 2.45) is 0 Å². The van der Waals surface area contributed by atoms with Crippen molar-refractivity contribution in [1.29, 1.82) is 0 Å². The fourth-order valence-electron chi connectivity index (χ4n) is 3.18. The van der Waals surface area contributed by atoms with E-state index in [1.54, 1.807) is 7.11 Å². The number of likely N-dealkylation sites (tertiary alicyclic amines) is 1. The van der Waals surface area contributed by atoms with Crippen molar-refractivity contribution in [3.8, 4) is 5.75 Å². The maximum absolute atomic E-state index is 5.53. The molecule has 4 heteroatoms. The standard InChI is InChI=1S/C17H23N3O/c1-3-20-12-10-14(18-20)13-19-11-6-8-16(19)15-7-4-5-9-17(15)21-2/h4-5,7,9-10,12,16H,3,6,8,11,13H2,1-2H3/t16-/m1/s1. The van der Waals surface area contributed by atoms with Crippen LogP contribution in [0.25, 0.3) is 0 Å². The molecule has 2 aromatic rings. The Kier molecular flexibility index (Phi) is 4.25. The van der Waals surface area contributed by atoms with Gasteiger partial charge in [-0.2, -0.15) is 5.10 Å². The van der Waals surface area contributed by atoms with E-state index in [1.165, 1.54) is 18.4 Å². The maximum atomic E-state index is 5.53. The second kappa shape index (κ2) is 6.31. The molecule has 0 amide bonds. The van der Waals surface area contributed by atoms with Crippen molar-refractivity contribution in [2.75, 3.05) is 13.7 Å². The predicted molar refractivity (Wildman–Crippen MR) is 83.3 cm³/mol. The number of methoxy groups -OCH3 is 1. The normalized spacial score (nSPS) is 19.0. The zero-order valence-corrected chi connectivity index (χ0v) is 12.8. The van der Waals surface area contributed by atoms with Gasteiger partial charge in [-0.3, -0.25) is 9.58 Å². The SMILES string of the molecule is CCn1ccc(CN2CCC[C@@H]2c2ccccc2OC)n1. The van der Waals surface area contributed by atoms with Gasteiger partial charge in [0.1, 0.15) is 5.75 Å². The smallest absolute Gasteiger partial charge is 0.123 e. The lowest BCUT2D eigenvalue weighted by atomic mass is 10.0. The first-order valence-electron chi connectivity index (χ1n) is 7.71. The highest BCUT2D eigenvalue weighted by Gasteiger charge is 2.28.